The molecule has 0 fully saturated rings. The molecule has 0 aliphatic carbocycles. The minimum absolute atomic E-state index is 0.0186. The van der Waals surface area contributed by atoms with E-state index in [1.165, 1.54) is 21.8 Å². The average Bonchev–Trinajstić information content (AvgIpc) is 3.06. The Morgan fingerprint density at radius 3 is 2.41 bits per heavy atom. The molecule has 0 spiro atoms. The highest BCUT2D eigenvalue weighted by Crippen LogP contribution is 2.19. The van der Waals surface area contributed by atoms with Crippen molar-refractivity contribution in [3.05, 3.63) is 41.6 Å². The van der Waals surface area contributed by atoms with E-state index in [0.29, 0.717) is 0 Å². The lowest BCUT2D eigenvalue weighted by Crippen LogP contribution is -2.35. The smallest absolute Gasteiger partial charge is 0.333 e. The monoisotopic (exact) mass is 393 g/mol. The second-order valence-electron chi connectivity index (χ2n) is 6.54. The molecule has 1 aromatic carbocycles. The van der Waals surface area contributed by atoms with Gasteiger partial charge >= 0.3 is 6.03 Å². The van der Waals surface area contributed by atoms with Crippen LogP contribution in [0.3, 0.4) is 0 Å². The average molecular weight is 393 g/mol. The molecule has 0 aliphatic rings. The lowest BCUT2D eigenvalue weighted by atomic mass is 10.1. The summed E-state index contributed by atoms with van der Waals surface area (Å²) < 4.78 is 28.0. The van der Waals surface area contributed by atoms with Crippen LogP contribution in [0.2, 0.25) is 0 Å². The van der Waals surface area contributed by atoms with Gasteiger partial charge in [0, 0.05) is 26.3 Å². The minimum Gasteiger partial charge on any atom is -0.345 e. The van der Waals surface area contributed by atoms with E-state index < -0.39 is 16.1 Å². The number of aromatic nitrogens is 2. The molecule has 1 heterocycles. The third kappa shape index (κ3) is 4.85. The lowest BCUT2D eigenvalue weighted by Gasteiger charge is -2.15. The summed E-state index contributed by atoms with van der Waals surface area (Å²) >= 11 is 0. The number of hydrogen-bond donors (Lipinski definition) is 2. The summed E-state index contributed by atoms with van der Waals surface area (Å²) in [5.41, 5.74) is 1.30. The predicted octanol–water partition coefficient (Wildman–Crippen LogP) is 1.98. The maximum absolute atomic E-state index is 12.3. The Hall–Kier alpha value is -2.88. The Kier molecular flexibility index (Phi) is 5.89. The van der Waals surface area contributed by atoms with Crippen LogP contribution >= 0.6 is 0 Å². The molecule has 146 valence electrons. The van der Waals surface area contributed by atoms with Gasteiger partial charge in [-0.2, -0.15) is 13.5 Å². The van der Waals surface area contributed by atoms with Crippen LogP contribution in [0, 0.1) is 6.92 Å². The van der Waals surface area contributed by atoms with Crippen molar-refractivity contribution in [2.75, 3.05) is 19.4 Å². The van der Waals surface area contributed by atoms with Gasteiger partial charge in [-0.25, -0.2) is 9.52 Å². The van der Waals surface area contributed by atoms with Crippen LogP contribution in [0.25, 0.3) is 0 Å². The number of nitrogens with one attached hydrogen (secondary N) is 2. The van der Waals surface area contributed by atoms with Crippen LogP contribution in [0.15, 0.2) is 35.5 Å². The number of aryl methyl sites for hydroxylation is 1. The Labute approximate surface area is 158 Å². The first-order valence-electron chi connectivity index (χ1n) is 8.22. The van der Waals surface area contributed by atoms with Gasteiger partial charge in [0.05, 0.1) is 11.3 Å². The zero-order valence-corrected chi connectivity index (χ0v) is 16.7. The Bertz CT molecular complexity index is 963. The Morgan fingerprint density at radius 2 is 1.85 bits per heavy atom. The van der Waals surface area contributed by atoms with E-state index in [1.807, 2.05) is 25.5 Å². The summed E-state index contributed by atoms with van der Waals surface area (Å²) in [4.78, 5) is 25.9. The van der Waals surface area contributed by atoms with Gasteiger partial charge in [-0.1, -0.05) is 11.6 Å². The van der Waals surface area contributed by atoms with Crippen molar-refractivity contribution < 1.29 is 18.0 Å². The lowest BCUT2D eigenvalue weighted by molar-refractivity contribution is 0.0828. The molecule has 2 aromatic rings. The largest absolute Gasteiger partial charge is 0.345 e. The van der Waals surface area contributed by atoms with Crippen LogP contribution in [-0.4, -0.2) is 49.1 Å². The number of rotatable bonds is 5. The number of benzene rings is 1. The molecule has 0 aliphatic heterocycles. The van der Waals surface area contributed by atoms with Gasteiger partial charge in [-0.3, -0.25) is 9.48 Å². The van der Waals surface area contributed by atoms with E-state index in [1.54, 1.807) is 32.3 Å². The van der Waals surface area contributed by atoms with E-state index in [9.17, 15) is 18.0 Å². The normalized spacial score (nSPS) is 11.3. The molecule has 2 N–H and O–H groups in total. The second kappa shape index (κ2) is 7.78. The van der Waals surface area contributed by atoms with E-state index in [-0.39, 0.29) is 28.2 Å². The van der Waals surface area contributed by atoms with E-state index in [4.69, 9.17) is 0 Å². The zero-order chi connectivity index (χ0) is 20.4. The van der Waals surface area contributed by atoms with Crippen molar-refractivity contribution in [3.8, 4) is 0 Å². The number of anilines is 1. The van der Waals surface area contributed by atoms with E-state index in [0.717, 1.165) is 5.56 Å². The SMILES string of the molecule is Cc1ccc(NC(=O)NS(=O)(=O)c2ccn(C(C)C)n2)c(C(=O)N(C)C)c1. The number of urea groups is 1. The predicted molar refractivity (Wildman–Crippen MR) is 101 cm³/mol. The van der Waals surface area contributed by atoms with Crippen molar-refractivity contribution in [2.24, 2.45) is 0 Å². The summed E-state index contributed by atoms with van der Waals surface area (Å²) in [5, 5.41) is 6.10. The molecule has 1 aromatic heterocycles. The van der Waals surface area contributed by atoms with Crippen LogP contribution in [0.1, 0.15) is 35.8 Å². The van der Waals surface area contributed by atoms with Crippen LogP contribution < -0.4 is 10.0 Å². The molecule has 0 atom stereocenters. The first-order chi connectivity index (χ1) is 12.5. The summed E-state index contributed by atoms with van der Waals surface area (Å²) in [6.07, 6.45) is 1.52. The summed E-state index contributed by atoms with van der Waals surface area (Å²) in [6, 6.07) is 5.19. The Morgan fingerprint density at radius 1 is 1.19 bits per heavy atom. The molecule has 3 amide bonds. The fourth-order valence-corrected chi connectivity index (χ4v) is 3.10. The van der Waals surface area contributed by atoms with E-state index >= 15 is 0 Å². The van der Waals surface area contributed by atoms with Crippen LogP contribution in [-0.2, 0) is 10.0 Å². The molecule has 0 saturated carbocycles. The number of hydrogen-bond acceptors (Lipinski definition) is 5. The molecule has 0 radical (unpaired) electrons. The van der Waals surface area contributed by atoms with Crippen molar-refractivity contribution in [2.45, 2.75) is 31.8 Å². The summed E-state index contributed by atoms with van der Waals surface area (Å²) in [6.45, 7) is 5.51. The third-order valence-electron chi connectivity index (χ3n) is 3.68. The first kappa shape index (κ1) is 20.4. The zero-order valence-electron chi connectivity index (χ0n) is 15.8. The van der Waals surface area contributed by atoms with Gasteiger partial charge in [0.1, 0.15) is 0 Å². The molecule has 0 bridgehead atoms. The molecule has 10 heteroatoms. The van der Waals surface area contributed by atoms with Crippen molar-refractivity contribution in [3.63, 3.8) is 0 Å². The minimum atomic E-state index is -4.14. The topological polar surface area (TPSA) is 113 Å². The number of nitrogens with zero attached hydrogens (tertiary/aromatic N) is 3. The fraction of sp³-hybridized carbons (Fsp3) is 0.353. The third-order valence-corrected chi connectivity index (χ3v) is 4.90. The second-order valence-corrected chi connectivity index (χ2v) is 8.17. The van der Waals surface area contributed by atoms with Gasteiger partial charge in [-0.05, 0) is 39.0 Å². The highest BCUT2D eigenvalue weighted by molar-refractivity contribution is 7.90. The van der Waals surface area contributed by atoms with Gasteiger partial charge in [0.15, 0.2) is 5.03 Å². The first-order valence-corrected chi connectivity index (χ1v) is 9.71. The van der Waals surface area contributed by atoms with Crippen molar-refractivity contribution in [1.82, 2.24) is 19.4 Å². The van der Waals surface area contributed by atoms with E-state index in [2.05, 4.69) is 10.4 Å². The maximum Gasteiger partial charge on any atom is 0.333 e. The van der Waals surface area contributed by atoms with Gasteiger partial charge in [0.2, 0.25) is 0 Å². The van der Waals surface area contributed by atoms with Crippen molar-refractivity contribution >= 4 is 27.6 Å². The molecule has 0 saturated heterocycles. The number of carbonyl (C=O) groups is 2. The standard InChI is InChI=1S/C17H23N5O4S/c1-11(2)22-9-8-15(19-22)27(25,26)20-17(24)18-14-7-6-12(3)10-13(14)16(23)21(4)5/h6-11H,1-5H3,(H2,18,20,24). The Balaban J connectivity index is 2.21. The molecule has 27 heavy (non-hydrogen) atoms. The van der Waals surface area contributed by atoms with Crippen LogP contribution in [0.5, 0.6) is 0 Å². The molecular formula is C17H23N5O4S. The summed E-state index contributed by atoms with van der Waals surface area (Å²) in [5.74, 6) is -0.312. The number of amides is 3. The molecule has 9 nitrogen and oxygen atoms in total. The highest BCUT2D eigenvalue weighted by atomic mass is 32.2. The highest BCUT2D eigenvalue weighted by Gasteiger charge is 2.22. The van der Waals surface area contributed by atoms with Gasteiger partial charge in [0.25, 0.3) is 15.9 Å². The number of sulfonamides is 1. The molecule has 0 unspecified atom stereocenters. The number of carbonyl (C=O) groups excluding carboxylic acids is 2. The maximum atomic E-state index is 12.3. The van der Waals surface area contributed by atoms with Crippen molar-refractivity contribution in [1.29, 1.82) is 0 Å². The summed E-state index contributed by atoms with van der Waals surface area (Å²) in [7, 11) is -0.965. The van der Waals surface area contributed by atoms with Gasteiger partial charge in [-0.15, -0.1) is 0 Å². The van der Waals surface area contributed by atoms with Gasteiger partial charge < -0.3 is 10.2 Å². The quantitative estimate of drug-likeness (QED) is 0.806. The molecular weight excluding hydrogens is 370 g/mol. The fourth-order valence-electron chi connectivity index (χ4n) is 2.26. The molecule has 2 rings (SSSR count). The van der Waals surface area contributed by atoms with Crippen LogP contribution in [0.4, 0.5) is 10.5 Å².